The highest BCUT2D eigenvalue weighted by atomic mass is 32.2. The molecule has 4 amide bonds. The van der Waals surface area contributed by atoms with Crippen molar-refractivity contribution >= 4 is 29.7 Å². The van der Waals surface area contributed by atoms with E-state index < -0.39 is 0 Å². The second-order valence-corrected chi connectivity index (χ2v) is 9.83. The fourth-order valence-corrected chi connectivity index (χ4v) is 5.66. The van der Waals surface area contributed by atoms with E-state index in [4.69, 9.17) is 0 Å². The van der Waals surface area contributed by atoms with Crippen molar-refractivity contribution in [2.75, 3.05) is 18.4 Å². The maximum Gasteiger partial charge on any atom is 0.329 e. The summed E-state index contributed by atoms with van der Waals surface area (Å²) in [5, 5.41) is 6.36. The molecule has 158 valence electrons. The normalized spacial score (nSPS) is 20.4. The quantitative estimate of drug-likeness (QED) is 0.649. The van der Waals surface area contributed by atoms with Gasteiger partial charge in [0.05, 0.1) is 0 Å². The largest absolute Gasteiger partial charge is 0.336 e. The molecule has 6 nitrogen and oxygen atoms in total. The predicted octanol–water partition coefficient (Wildman–Crippen LogP) is 4.02. The average Bonchev–Trinajstić information content (AvgIpc) is 3.35. The van der Waals surface area contributed by atoms with Gasteiger partial charge in [-0.1, -0.05) is 6.07 Å². The van der Waals surface area contributed by atoms with E-state index in [0.29, 0.717) is 6.54 Å². The van der Waals surface area contributed by atoms with Gasteiger partial charge in [0.25, 0.3) is 0 Å². The van der Waals surface area contributed by atoms with Crippen molar-refractivity contribution in [3.63, 3.8) is 0 Å². The molecule has 1 saturated heterocycles. The van der Waals surface area contributed by atoms with Crippen LogP contribution in [0.25, 0.3) is 0 Å². The Balaban J connectivity index is 1.34. The molecule has 1 aromatic rings. The van der Waals surface area contributed by atoms with Crippen molar-refractivity contribution in [3.05, 3.63) is 28.3 Å². The number of benzene rings is 1. The zero-order valence-electron chi connectivity index (χ0n) is 17.5. The molecule has 1 heterocycles. The lowest BCUT2D eigenvalue weighted by Crippen LogP contribution is -2.48. The Kier molecular flexibility index (Phi) is 6.23. The van der Waals surface area contributed by atoms with E-state index in [1.165, 1.54) is 47.0 Å². The van der Waals surface area contributed by atoms with Crippen LogP contribution in [-0.4, -0.2) is 41.3 Å². The fraction of sp³-hybridized carbons (Fsp3) is 0.636. The molecule has 1 fully saturated rings. The molecule has 0 spiro atoms. The number of piperidine rings is 1. The smallest absolute Gasteiger partial charge is 0.329 e. The zero-order valence-corrected chi connectivity index (χ0v) is 18.3. The first-order chi connectivity index (χ1) is 14.0. The number of amides is 4. The predicted molar refractivity (Wildman–Crippen MR) is 119 cm³/mol. The summed E-state index contributed by atoms with van der Waals surface area (Å²) in [6, 6.07) is 2.36. The topological polar surface area (TPSA) is 73.5 Å². The number of carbonyl (C=O) groups is 2. The number of hydrogen-bond donors (Lipinski definition) is 3. The molecule has 1 unspecified atom stereocenters. The van der Waals surface area contributed by atoms with E-state index in [1.807, 2.05) is 18.7 Å². The summed E-state index contributed by atoms with van der Waals surface area (Å²) < 4.78 is 2.99. The third-order valence-electron chi connectivity index (χ3n) is 6.11. The molecule has 3 aliphatic rings. The Bertz CT molecular complexity index is 763. The van der Waals surface area contributed by atoms with Crippen molar-refractivity contribution in [1.29, 1.82) is 0 Å². The number of urea groups is 2. The molecule has 4 rings (SSSR count). The first-order valence-electron chi connectivity index (χ1n) is 11.0. The van der Waals surface area contributed by atoms with Gasteiger partial charge >= 0.3 is 12.1 Å². The van der Waals surface area contributed by atoms with Gasteiger partial charge in [0.1, 0.15) is 0 Å². The minimum absolute atomic E-state index is 0.00911. The second kappa shape index (κ2) is 8.86. The number of likely N-dealkylation sites (tertiary alicyclic amines) is 1. The van der Waals surface area contributed by atoms with E-state index in [0.717, 1.165) is 50.8 Å². The minimum Gasteiger partial charge on any atom is -0.336 e. The number of aryl methyl sites for hydroxylation is 2. The van der Waals surface area contributed by atoms with Crippen LogP contribution in [0, 0.1) is 0 Å². The van der Waals surface area contributed by atoms with Crippen LogP contribution in [0.1, 0.15) is 61.8 Å². The standard InChI is InChI=1S/C22H32N4O2S/c1-14(2)23-22(28)26-11-5-8-17(13-26)29-25-21(27)24-20-18-9-3-6-15(18)12-16-7-4-10-19(16)20/h12,14,17H,3-11,13H2,1-2H3,(H,23,28)(H2,24,25,27). The number of anilines is 1. The molecular weight excluding hydrogens is 384 g/mol. The third-order valence-corrected chi connectivity index (χ3v) is 7.13. The highest BCUT2D eigenvalue weighted by Gasteiger charge is 2.27. The van der Waals surface area contributed by atoms with Crippen molar-refractivity contribution in [2.24, 2.45) is 0 Å². The Morgan fingerprint density at radius 1 is 1.07 bits per heavy atom. The number of nitrogens with zero attached hydrogens (tertiary/aromatic N) is 1. The Morgan fingerprint density at radius 3 is 2.41 bits per heavy atom. The number of carbonyl (C=O) groups excluding carboxylic acids is 2. The molecule has 2 aliphatic carbocycles. The first-order valence-corrected chi connectivity index (χ1v) is 11.8. The molecular formula is C22H32N4O2S. The zero-order chi connectivity index (χ0) is 20.4. The van der Waals surface area contributed by atoms with Gasteiger partial charge in [0, 0.05) is 30.1 Å². The summed E-state index contributed by atoms with van der Waals surface area (Å²) in [7, 11) is 0. The van der Waals surface area contributed by atoms with Gasteiger partial charge in [-0.25, -0.2) is 9.59 Å². The highest BCUT2D eigenvalue weighted by molar-refractivity contribution is 7.98. The van der Waals surface area contributed by atoms with Crippen LogP contribution in [0.5, 0.6) is 0 Å². The Hall–Kier alpha value is -1.89. The van der Waals surface area contributed by atoms with E-state index in [9.17, 15) is 9.59 Å². The molecule has 1 atom stereocenters. The number of rotatable bonds is 4. The van der Waals surface area contributed by atoms with Crippen LogP contribution in [0.15, 0.2) is 6.07 Å². The summed E-state index contributed by atoms with van der Waals surface area (Å²) in [4.78, 5) is 26.8. The molecule has 3 N–H and O–H groups in total. The molecule has 29 heavy (non-hydrogen) atoms. The van der Waals surface area contributed by atoms with Crippen LogP contribution in [0.4, 0.5) is 15.3 Å². The van der Waals surface area contributed by atoms with E-state index in [1.54, 1.807) is 0 Å². The van der Waals surface area contributed by atoms with Crippen molar-refractivity contribution in [2.45, 2.75) is 76.5 Å². The third kappa shape index (κ3) is 4.65. The maximum absolute atomic E-state index is 12.7. The van der Waals surface area contributed by atoms with Crippen molar-refractivity contribution in [3.8, 4) is 0 Å². The summed E-state index contributed by atoms with van der Waals surface area (Å²) in [6.45, 7) is 5.39. The van der Waals surface area contributed by atoms with Crippen LogP contribution in [-0.2, 0) is 25.7 Å². The summed E-state index contributed by atoms with van der Waals surface area (Å²) in [5.74, 6) is 0. The van der Waals surface area contributed by atoms with Gasteiger partial charge in [0.2, 0.25) is 0 Å². The Labute approximate surface area is 177 Å². The minimum atomic E-state index is -0.145. The van der Waals surface area contributed by atoms with Crippen LogP contribution >= 0.6 is 11.9 Å². The molecule has 0 aromatic heterocycles. The maximum atomic E-state index is 12.7. The van der Waals surface area contributed by atoms with Gasteiger partial charge in [0.15, 0.2) is 0 Å². The SMILES string of the molecule is CC(C)NC(=O)N1CCCC(SNC(=O)Nc2c3c(cc4c2CCC4)CCC3)C1. The van der Waals surface area contributed by atoms with Crippen LogP contribution in [0.2, 0.25) is 0 Å². The summed E-state index contributed by atoms with van der Waals surface area (Å²) >= 11 is 1.45. The number of hydrogen-bond acceptors (Lipinski definition) is 3. The fourth-order valence-electron chi connectivity index (χ4n) is 4.80. The number of fused-ring (bicyclic) bond motifs is 2. The molecule has 7 heteroatoms. The van der Waals surface area contributed by atoms with Gasteiger partial charge in [-0.15, -0.1) is 0 Å². The molecule has 0 bridgehead atoms. The summed E-state index contributed by atoms with van der Waals surface area (Å²) in [5.41, 5.74) is 6.62. The lowest BCUT2D eigenvalue weighted by molar-refractivity contribution is 0.185. The Morgan fingerprint density at radius 2 is 1.76 bits per heavy atom. The first kappa shape index (κ1) is 20.4. The average molecular weight is 417 g/mol. The van der Waals surface area contributed by atoms with Crippen LogP contribution < -0.4 is 15.4 Å². The lowest BCUT2D eigenvalue weighted by Gasteiger charge is -2.32. The van der Waals surface area contributed by atoms with Gasteiger partial charge in [-0.05, 0) is 99.4 Å². The number of nitrogens with one attached hydrogen (secondary N) is 3. The lowest BCUT2D eigenvalue weighted by atomic mass is 9.99. The van der Waals surface area contributed by atoms with E-state index in [2.05, 4.69) is 21.4 Å². The van der Waals surface area contributed by atoms with E-state index >= 15 is 0 Å². The highest BCUT2D eigenvalue weighted by Crippen LogP contribution is 2.38. The summed E-state index contributed by atoms with van der Waals surface area (Å²) in [6.07, 6.45) is 8.72. The molecule has 1 aromatic carbocycles. The van der Waals surface area contributed by atoms with Gasteiger partial charge < -0.3 is 15.5 Å². The van der Waals surface area contributed by atoms with Gasteiger partial charge in [-0.2, -0.15) is 0 Å². The van der Waals surface area contributed by atoms with E-state index in [-0.39, 0.29) is 23.4 Å². The second-order valence-electron chi connectivity index (χ2n) is 8.72. The van der Waals surface area contributed by atoms with Gasteiger partial charge in [-0.3, -0.25) is 4.72 Å². The molecule has 0 saturated carbocycles. The van der Waals surface area contributed by atoms with Crippen molar-refractivity contribution in [1.82, 2.24) is 14.9 Å². The van der Waals surface area contributed by atoms with Crippen LogP contribution in [0.3, 0.4) is 0 Å². The monoisotopic (exact) mass is 416 g/mol. The molecule has 1 aliphatic heterocycles. The van der Waals surface area contributed by atoms with Crippen molar-refractivity contribution < 1.29 is 9.59 Å². The molecule has 0 radical (unpaired) electrons.